The molecule has 0 atom stereocenters. The summed E-state index contributed by atoms with van der Waals surface area (Å²) < 4.78 is 16.7. The van der Waals surface area contributed by atoms with Gasteiger partial charge in [-0.2, -0.15) is 0 Å². The third-order valence-corrected chi connectivity index (χ3v) is 4.57. The van der Waals surface area contributed by atoms with Crippen LogP contribution < -0.4 is 10.1 Å². The Hall–Kier alpha value is -3.06. The smallest absolute Gasteiger partial charge is 0.376 e. The first-order valence-electron chi connectivity index (χ1n) is 8.55. The monoisotopic (exact) mass is 443 g/mol. The van der Waals surface area contributed by atoms with Gasteiger partial charge in [0.05, 0.1) is 19.1 Å². The van der Waals surface area contributed by atoms with Crippen LogP contribution in [0.1, 0.15) is 23.0 Å². The fourth-order valence-electron chi connectivity index (χ4n) is 2.66. The van der Waals surface area contributed by atoms with Crippen LogP contribution in [0.3, 0.4) is 0 Å². The predicted octanol–water partition coefficient (Wildman–Crippen LogP) is 5.03. The molecule has 0 saturated carbocycles. The number of methoxy groups -OCH3 is 1. The van der Waals surface area contributed by atoms with E-state index in [9.17, 15) is 9.59 Å². The van der Waals surface area contributed by atoms with E-state index < -0.39 is 11.9 Å². The molecular weight excluding hydrogens is 426 g/mol. The van der Waals surface area contributed by atoms with E-state index in [1.54, 1.807) is 25.1 Å². The number of amides is 1. The van der Waals surface area contributed by atoms with E-state index in [0.29, 0.717) is 21.2 Å². The molecule has 28 heavy (non-hydrogen) atoms. The van der Waals surface area contributed by atoms with E-state index in [1.165, 1.54) is 13.2 Å². The van der Waals surface area contributed by atoms with Crippen LogP contribution in [0.5, 0.6) is 5.75 Å². The Morgan fingerprint density at radius 1 is 1.18 bits per heavy atom. The quantitative estimate of drug-likeness (QED) is 0.426. The lowest BCUT2D eigenvalue weighted by Crippen LogP contribution is -2.12. The van der Waals surface area contributed by atoms with E-state index in [1.807, 2.05) is 30.3 Å². The Morgan fingerprint density at radius 3 is 2.61 bits per heavy atom. The number of carbonyl (C=O) groups is 2. The molecule has 2 aromatic carbocycles. The standard InChI is InChI=1S/C21H18BrNO5/c1-3-27-21(25)20-18(17-14(22)10-11-15(26-2)19(17)28-20)23-16(24)12-9-13-7-5-4-6-8-13/h4-12H,3H2,1-2H3,(H,23,24)/b12-9+. The second-order valence-electron chi connectivity index (χ2n) is 5.71. The summed E-state index contributed by atoms with van der Waals surface area (Å²) in [7, 11) is 1.50. The molecule has 3 aromatic rings. The molecule has 0 spiro atoms. The van der Waals surface area contributed by atoms with Gasteiger partial charge in [0, 0.05) is 10.5 Å². The van der Waals surface area contributed by atoms with Crippen LogP contribution in [-0.4, -0.2) is 25.6 Å². The zero-order valence-corrected chi connectivity index (χ0v) is 16.9. The summed E-state index contributed by atoms with van der Waals surface area (Å²) in [4.78, 5) is 24.9. The minimum Gasteiger partial charge on any atom is -0.493 e. The maximum Gasteiger partial charge on any atom is 0.376 e. The number of benzene rings is 2. The van der Waals surface area contributed by atoms with Gasteiger partial charge in [-0.3, -0.25) is 4.79 Å². The Bertz CT molecular complexity index is 1040. The molecule has 144 valence electrons. The number of esters is 1. The summed E-state index contributed by atoms with van der Waals surface area (Å²) in [5, 5.41) is 3.25. The molecule has 0 aliphatic carbocycles. The summed E-state index contributed by atoms with van der Waals surface area (Å²) in [6, 6.07) is 12.9. The number of fused-ring (bicyclic) bond motifs is 1. The summed E-state index contributed by atoms with van der Waals surface area (Å²) in [5.74, 6) is -0.741. The number of hydrogen-bond donors (Lipinski definition) is 1. The van der Waals surface area contributed by atoms with Crippen molar-refractivity contribution in [1.29, 1.82) is 0 Å². The Morgan fingerprint density at radius 2 is 1.93 bits per heavy atom. The molecule has 0 radical (unpaired) electrons. The number of ether oxygens (including phenoxy) is 2. The summed E-state index contributed by atoms with van der Waals surface area (Å²) in [5.41, 5.74) is 1.44. The first kappa shape index (κ1) is 19.7. The highest BCUT2D eigenvalue weighted by Crippen LogP contribution is 2.41. The van der Waals surface area contributed by atoms with Crippen molar-refractivity contribution in [2.45, 2.75) is 6.92 Å². The topological polar surface area (TPSA) is 77.8 Å². The van der Waals surface area contributed by atoms with Crippen LogP contribution in [0, 0.1) is 0 Å². The normalized spacial score (nSPS) is 11.0. The first-order chi connectivity index (χ1) is 13.5. The van der Waals surface area contributed by atoms with Gasteiger partial charge in [0.25, 0.3) is 0 Å². The lowest BCUT2D eigenvalue weighted by atomic mass is 10.2. The average molecular weight is 444 g/mol. The first-order valence-corrected chi connectivity index (χ1v) is 9.34. The van der Waals surface area contributed by atoms with Crippen LogP contribution in [0.25, 0.3) is 17.0 Å². The average Bonchev–Trinajstić information content (AvgIpc) is 3.08. The maximum absolute atomic E-state index is 12.5. The fraction of sp³-hybridized carbons (Fsp3) is 0.143. The van der Waals surface area contributed by atoms with E-state index in [2.05, 4.69) is 21.2 Å². The van der Waals surface area contributed by atoms with Crippen molar-refractivity contribution < 1.29 is 23.5 Å². The minimum atomic E-state index is -0.671. The van der Waals surface area contributed by atoms with Gasteiger partial charge in [-0.25, -0.2) is 4.79 Å². The van der Waals surface area contributed by atoms with Crippen molar-refractivity contribution in [1.82, 2.24) is 0 Å². The zero-order valence-electron chi connectivity index (χ0n) is 15.3. The highest BCUT2D eigenvalue weighted by atomic mass is 79.9. The minimum absolute atomic E-state index is 0.0940. The molecule has 7 heteroatoms. The molecule has 0 fully saturated rings. The Balaban J connectivity index is 2.02. The maximum atomic E-state index is 12.5. The van der Waals surface area contributed by atoms with Gasteiger partial charge in [0.15, 0.2) is 11.3 Å². The molecule has 1 amide bonds. The van der Waals surface area contributed by atoms with E-state index in [4.69, 9.17) is 13.9 Å². The molecule has 1 heterocycles. The largest absolute Gasteiger partial charge is 0.493 e. The van der Waals surface area contributed by atoms with E-state index >= 15 is 0 Å². The number of carbonyl (C=O) groups excluding carboxylic acids is 2. The van der Waals surface area contributed by atoms with E-state index in [0.717, 1.165) is 5.56 Å². The number of anilines is 1. The SMILES string of the molecule is CCOC(=O)c1oc2c(OC)ccc(Br)c2c1NC(=O)/C=C/c1ccccc1. The van der Waals surface area contributed by atoms with Crippen molar-refractivity contribution in [3.63, 3.8) is 0 Å². The number of nitrogens with one attached hydrogen (secondary N) is 1. The van der Waals surface area contributed by atoms with Crippen molar-refractivity contribution in [3.8, 4) is 5.75 Å². The van der Waals surface area contributed by atoms with E-state index in [-0.39, 0.29) is 18.1 Å². The fourth-order valence-corrected chi connectivity index (χ4v) is 3.17. The second-order valence-corrected chi connectivity index (χ2v) is 6.57. The molecule has 0 bridgehead atoms. The number of halogens is 1. The molecule has 1 N–H and O–H groups in total. The van der Waals surface area contributed by atoms with Crippen molar-refractivity contribution >= 4 is 50.5 Å². The zero-order chi connectivity index (χ0) is 20.1. The van der Waals surface area contributed by atoms with Gasteiger partial charge in [0.2, 0.25) is 11.7 Å². The molecule has 0 saturated heterocycles. The Kier molecular flexibility index (Phi) is 6.16. The molecule has 0 aliphatic heterocycles. The molecule has 6 nitrogen and oxygen atoms in total. The third kappa shape index (κ3) is 4.09. The van der Waals surface area contributed by atoms with Gasteiger partial charge >= 0.3 is 5.97 Å². The lowest BCUT2D eigenvalue weighted by molar-refractivity contribution is -0.111. The Labute approximate surface area is 170 Å². The summed E-state index contributed by atoms with van der Waals surface area (Å²) >= 11 is 3.44. The molecular formula is C21H18BrNO5. The highest BCUT2D eigenvalue weighted by molar-refractivity contribution is 9.10. The predicted molar refractivity (Wildman–Crippen MR) is 111 cm³/mol. The number of rotatable bonds is 6. The van der Waals surface area contributed by atoms with Gasteiger partial charge in [-0.15, -0.1) is 0 Å². The van der Waals surface area contributed by atoms with Crippen molar-refractivity contribution in [2.24, 2.45) is 0 Å². The van der Waals surface area contributed by atoms with Crippen LogP contribution in [0.15, 0.2) is 57.4 Å². The third-order valence-electron chi connectivity index (χ3n) is 3.91. The summed E-state index contributed by atoms with van der Waals surface area (Å²) in [6.07, 6.45) is 3.06. The molecule has 3 rings (SSSR count). The van der Waals surface area contributed by atoms with Crippen molar-refractivity contribution in [2.75, 3.05) is 19.0 Å². The number of furan rings is 1. The van der Waals surface area contributed by atoms with Crippen LogP contribution in [-0.2, 0) is 9.53 Å². The summed E-state index contributed by atoms with van der Waals surface area (Å²) in [6.45, 7) is 1.87. The van der Waals surface area contributed by atoms with Crippen LogP contribution in [0.4, 0.5) is 5.69 Å². The van der Waals surface area contributed by atoms with Gasteiger partial charge < -0.3 is 19.2 Å². The molecule has 1 aromatic heterocycles. The lowest BCUT2D eigenvalue weighted by Gasteiger charge is -2.05. The van der Waals surface area contributed by atoms with Crippen LogP contribution >= 0.6 is 15.9 Å². The van der Waals surface area contributed by atoms with Crippen LogP contribution in [0.2, 0.25) is 0 Å². The second kappa shape index (κ2) is 8.75. The van der Waals surface area contributed by atoms with Gasteiger partial charge in [-0.05, 0) is 46.6 Å². The highest BCUT2D eigenvalue weighted by Gasteiger charge is 2.26. The number of hydrogen-bond acceptors (Lipinski definition) is 5. The molecule has 0 unspecified atom stereocenters. The van der Waals surface area contributed by atoms with Crippen molar-refractivity contribution in [3.05, 3.63) is 64.3 Å². The van der Waals surface area contributed by atoms with Gasteiger partial charge in [-0.1, -0.05) is 30.3 Å². The van der Waals surface area contributed by atoms with Gasteiger partial charge in [0.1, 0.15) is 5.69 Å². The molecule has 0 aliphatic rings.